The highest BCUT2D eigenvalue weighted by atomic mass is 35.5. The highest BCUT2D eigenvalue weighted by Gasteiger charge is 2.39. The number of carbonyl (C=O) groups is 2. The van der Waals surface area contributed by atoms with Crippen LogP contribution >= 0.6 is 23.2 Å². The highest BCUT2D eigenvalue weighted by molar-refractivity contribution is 6.36. The number of rotatable bonds is 4. The Morgan fingerprint density at radius 2 is 1.71 bits per heavy atom. The van der Waals surface area contributed by atoms with Gasteiger partial charge in [0.15, 0.2) is 5.15 Å². The Kier molecular flexibility index (Phi) is 6.89. The van der Waals surface area contributed by atoms with E-state index in [9.17, 15) is 44.7 Å². The van der Waals surface area contributed by atoms with Crippen LogP contribution in [0.4, 0.5) is 40.8 Å². The molecule has 3 aromatic carbocycles. The van der Waals surface area contributed by atoms with Crippen molar-refractivity contribution in [2.45, 2.75) is 24.9 Å². The minimum absolute atomic E-state index is 0.0162. The van der Waals surface area contributed by atoms with Gasteiger partial charge in [-0.05, 0) is 42.5 Å². The summed E-state index contributed by atoms with van der Waals surface area (Å²) in [5, 5.41) is 7.62. The molecule has 1 aliphatic rings. The third-order valence-corrected chi connectivity index (χ3v) is 6.77. The second-order valence-electron chi connectivity index (χ2n) is 8.92. The van der Waals surface area contributed by atoms with Crippen LogP contribution in [0.3, 0.4) is 0 Å². The molecule has 2 N–H and O–H groups in total. The predicted octanol–water partition coefficient (Wildman–Crippen LogP) is 7.29. The Morgan fingerprint density at radius 1 is 1.00 bits per heavy atom. The molecular weight excluding hydrogens is 611 g/mol. The number of aromatic nitrogens is 2. The van der Waals surface area contributed by atoms with Crippen LogP contribution in [0.2, 0.25) is 10.2 Å². The van der Waals surface area contributed by atoms with Crippen LogP contribution in [0.15, 0.2) is 42.5 Å². The number of alkyl halides is 6. The van der Waals surface area contributed by atoms with E-state index in [1.165, 1.54) is 6.07 Å². The first-order valence-corrected chi connectivity index (χ1v) is 12.0. The number of nitrogens with one attached hydrogen (secondary N) is 2. The minimum Gasteiger partial charge on any atom is -0.341 e. The summed E-state index contributed by atoms with van der Waals surface area (Å²) in [7, 11) is 0. The number of fused-ring (bicyclic) bond motifs is 3. The van der Waals surface area contributed by atoms with Crippen LogP contribution in [0.5, 0.6) is 0 Å². The maximum atomic E-state index is 14.1. The molecule has 1 aliphatic heterocycles. The Bertz CT molecular complexity index is 1750. The number of hydrogen-bond acceptors (Lipinski definition) is 3. The van der Waals surface area contributed by atoms with Crippen molar-refractivity contribution < 1.29 is 44.7 Å². The van der Waals surface area contributed by atoms with Crippen molar-refractivity contribution in [1.29, 1.82) is 0 Å². The molecule has 0 spiro atoms. The van der Waals surface area contributed by atoms with E-state index in [4.69, 9.17) is 23.2 Å². The zero-order chi connectivity index (χ0) is 30.0. The van der Waals surface area contributed by atoms with Gasteiger partial charge in [0.05, 0.1) is 28.1 Å². The summed E-state index contributed by atoms with van der Waals surface area (Å²) < 4.78 is 108. The fourth-order valence-corrected chi connectivity index (χ4v) is 5.07. The average molecular weight is 623 g/mol. The van der Waals surface area contributed by atoms with E-state index in [0.29, 0.717) is 16.8 Å². The van der Waals surface area contributed by atoms with Gasteiger partial charge in [-0.15, -0.1) is 0 Å². The van der Waals surface area contributed by atoms with Gasteiger partial charge in [-0.25, -0.2) is 8.78 Å². The largest absolute Gasteiger partial charge is 0.416 e. The standard InChI is InChI=1S/C25H12Cl2F8N4O2/c26-14-2-1-11(28)6-13(14)20-17-15(36-22(40)9-3-10(25(33,34)35)5-12(29)4-9)7-16-18(19(17)23(41)37-20)21(27)38-39(16)8-24(30,31)32/h1-7,20H,8H2,(H,36,40)(H,37,41). The van der Waals surface area contributed by atoms with E-state index in [1.807, 2.05) is 0 Å². The smallest absolute Gasteiger partial charge is 0.341 e. The van der Waals surface area contributed by atoms with Crippen molar-refractivity contribution in [2.75, 3.05) is 5.32 Å². The predicted molar refractivity (Wildman–Crippen MR) is 131 cm³/mol. The molecule has 0 bridgehead atoms. The van der Waals surface area contributed by atoms with Gasteiger partial charge in [-0.1, -0.05) is 23.2 Å². The van der Waals surface area contributed by atoms with Gasteiger partial charge in [-0.3, -0.25) is 14.3 Å². The normalized spacial score (nSPS) is 15.3. The summed E-state index contributed by atoms with van der Waals surface area (Å²) in [5.41, 5.74) is -3.49. The summed E-state index contributed by atoms with van der Waals surface area (Å²) in [6.45, 7) is -1.65. The minimum atomic E-state index is -5.01. The number of benzene rings is 3. The molecule has 0 fully saturated rings. The number of hydrogen-bond donors (Lipinski definition) is 2. The molecule has 41 heavy (non-hydrogen) atoms. The first kappa shape index (κ1) is 28.6. The molecule has 0 aliphatic carbocycles. The molecule has 214 valence electrons. The second-order valence-corrected chi connectivity index (χ2v) is 9.69. The van der Waals surface area contributed by atoms with Crippen LogP contribution in [-0.2, 0) is 12.7 Å². The van der Waals surface area contributed by atoms with Crippen molar-refractivity contribution >= 4 is 51.6 Å². The first-order chi connectivity index (χ1) is 19.0. The zero-order valence-electron chi connectivity index (χ0n) is 19.8. The monoisotopic (exact) mass is 622 g/mol. The number of amides is 2. The molecule has 5 rings (SSSR count). The summed E-state index contributed by atoms with van der Waals surface area (Å²) in [6.07, 6.45) is -9.80. The number of carbonyl (C=O) groups excluding carboxylic acids is 2. The van der Waals surface area contributed by atoms with E-state index in [2.05, 4.69) is 15.7 Å². The van der Waals surface area contributed by atoms with Gasteiger partial charge in [-0.2, -0.15) is 31.4 Å². The Hall–Kier alpha value is -3.91. The quantitative estimate of drug-likeness (QED) is 0.235. The topological polar surface area (TPSA) is 76.0 Å². The van der Waals surface area contributed by atoms with E-state index < -0.39 is 64.7 Å². The van der Waals surface area contributed by atoms with Gasteiger partial charge < -0.3 is 10.6 Å². The summed E-state index contributed by atoms with van der Waals surface area (Å²) in [6, 6.07) is 3.90. The van der Waals surface area contributed by atoms with Gasteiger partial charge in [0.25, 0.3) is 11.8 Å². The van der Waals surface area contributed by atoms with Crippen molar-refractivity contribution in [3.05, 3.63) is 92.1 Å². The second kappa shape index (κ2) is 9.87. The maximum Gasteiger partial charge on any atom is 0.416 e. The lowest BCUT2D eigenvalue weighted by molar-refractivity contribution is -0.142. The maximum absolute atomic E-state index is 14.1. The van der Waals surface area contributed by atoms with Crippen molar-refractivity contribution in [1.82, 2.24) is 15.1 Å². The Morgan fingerprint density at radius 3 is 2.37 bits per heavy atom. The van der Waals surface area contributed by atoms with Crippen LogP contribution in [-0.4, -0.2) is 27.8 Å². The molecule has 0 radical (unpaired) electrons. The molecule has 0 saturated heterocycles. The molecule has 6 nitrogen and oxygen atoms in total. The van der Waals surface area contributed by atoms with Crippen LogP contribution < -0.4 is 10.6 Å². The lowest BCUT2D eigenvalue weighted by atomic mass is 9.94. The van der Waals surface area contributed by atoms with Crippen LogP contribution in [0.25, 0.3) is 10.9 Å². The Balaban J connectivity index is 1.74. The SMILES string of the molecule is O=C(Nc1cc2c(c(Cl)nn2CC(F)(F)F)c2c1C(c1cc(F)ccc1Cl)NC2=O)c1cc(F)cc(C(F)(F)F)c1. The fourth-order valence-electron chi connectivity index (χ4n) is 4.56. The molecular formula is C25H12Cl2F8N4O2. The first-order valence-electron chi connectivity index (χ1n) is 11.3. The van der Waals surface area contributed by atoms with E-state index >= 15 is 0 Å². The lowest BCUT2D eigenvalue weighted by Crippen LogP contribution is -2.21. The number of nitrogens with zero attached hydrogens (tertiary/aromatic N) is 2. The average Bonchev–Trinajstić information content (AvgIpc) is 3.35. The number of anilines is 1. The molecule has 4 aromatic rings. The molecule has 1 aromatic heterocycles. The van der Waals surface area contributed by atoms with Crippen LogP contribution in [0.1, 0.15) is 43.4 Å². The van der Waals surface area contributed by atoms with E-state index in [-0.39, 0.29) is 44.4 Å². The third kappa shape index (κ3) is 5.40. The fraction of sp³-hybridized carbons (Fsp3) is 0.160. The van der Waals surface area contributed by atoms with Crippen molar-refractivity contribution in [3.63, 3.8) is 0 Å². The van der Waals surface area contributed by atoms with Crippen molar-refractivity contribution in [3.8, 4) is 0 Å². The van der Waals surface area contributed by atoms with Gasteiger partial charge in [0, 0.05) is 27.4 Å². The zero-order valence-corrected chi connectivity index (χ0v) is 21.3. The lowest BCUT2D eigenvalue weighted by Gasteiger charge is -2.19. The molecule has 16 heteroatoms. The molecule has 0 saturated carbocycles. The summed E-state index contributed by atoms with van der Waals surface area (Å²) >= 11 is 12.4. The van der Waals surface area contributed by atoms with Gasteiger partial charge >= 0.3 is 12.4 Å². The van der Waals surface area contributed by atoms with Crippen LogP contribution in [0, 0.1) is 11.6 Å². The molecule has 1 unspecified atom stereocenters. The molecule has 2 heterocycles. The summed E-state index contributed by atoms with van der Waals surface area (Å²) in [4.78, 5) is 26.2. The Labute approximate surface area is 233 Å². The van der Waals surface area contributed by atoms with E-state index in [1.54, 1.807) is 0 Å². The highest BCUT2D eigenvalue weighted by Crippen LogP contribution is 2.45. The van der Waals surface area contributed by atoms with Crippen molar-refractivity contribution in [2.24, 2.45) is 0 Å². The summed E-state index contributed by atoms with van der Waals surface area (Å²) in [5.74, 6) is -4.35. The van der Waals surface area contributed by atoms with Gasteiger partial charge in [0.2, 0.25) is 0 Å². The van der Waals surface area contributed by atoms with E-state index in [0.717, 1.165) is 18.2 Å². The number of halogens is 10. The van der Waals surface area contributed by atoms with Gasteiger partial charge in [0.1, 0.15) is 18.2 Å². The molecule has 2 amide bonds. The third-order valence-electron chi connectivity index (χ3n) is 6.16. The molecule has 1 atom stereocenters.